The largest absolute Gasteiger partial charge is 0.393 e. The van der Waals surface area contributed by atoms with Crippen molar-refractivity contribution in [3.63, 3.8) is 0 Å². The van der Waals surface area contributed by atoms with Gasteiger partial charge in [0.2, 0.25) is 0 Å². The summed E-state index contributed by atoms with van der Waals surface area (Å²) in [6.07, 6.45) is 4.59. The standard InChI is InChI=1S/C17H22N4O3/c1-2-3-21-13-11(14(23)20-16(21)24)18-15(19-13)17-6-8-4-10(17)5-9(7-17)12(8)22/h8-10,12,22H,2-7H2,1H3,(H,18,19)(H,20,23,24)/t8-,9?,10?,12?,17?/m1/s1. The van der Waals surface area contributed by atoms with E-state index >= 15 is 0 Å². The summed E-state index contributed by atoms with van der Waals surface area (Å²) in [6.45, 7) is 2.53. The first-order chi connectivity index (χ1) is 11.5. The molecule has 4 saturated carbocycles. The fourth-order valence-electron chi connectivity index (χ4n) is 5.80. The molecule has 2 heterocycles. The van der Waals surface area contributed by atoms with Crippen molar-refractivity contribution in [1.82, 2.24) is 19.5 Å². The van der Waals surface area contributed by atoms with E-state index < -0.39 is 11.2 Å². The molecule has 0 aliphatic heterocycles. The zero-order valence-corrected chi connectivity index (χ0v) is 13.7. The summed E-state index contributed by atoms with van der Waals surface area (Å²) in [7, 11) is 0. The van der Waals surface area contributed by atoms with Crippen molar-refractivity contribution in [2.45, 2.75) is 57.1 Å². The Bertz CT molecular complexity index is 923. The molecule has 128 valence electrons. The van der Waals surface area contributed by atoms with E-state index in [-0.39, 0.29) is 11.5 Å². The molecule has 3 N–H and O–H groups in total. The summed E-state index contributed by atoms with van der Waals surface area (Å²) < 4.78 is 1.56. The van der Waals surface area contributed by atoms with Crippen LogP contribution < -0.4 is 11.2 Å². The lowest BCUT2D eigenvalue weighted by molar-refractivity contribution is 0.0167. The number of nitrogens with zero attached hydrogens (tertiary/aromatic N) is 2. The second-order valence-corrected chi connectivity index (χ2v) is 7.94. The fourth-order valence-corrected chi connectivity index (χ4v) is 5.80. The van der Waals surface area contributed by atoms with Crippen LogP contribution in [0.25, 0.3) is 11.2 Å². The fraction of sp³-hybridized carbons (Fsp3) is 0.706. The Morgan fingerprint density at radius 3 is 2.62 bits per heavy atom. The first kappa shape index (κ1) is 14.5. The average molecular weight is 330 g/mol. The topological polar surface area (TPSA) is 104 Å². The minimum Gasteiger partial charge on any atom is -0.393 e. The third-order valence-corrected chi connectivity index (χ3v) is 6.73. The molecule has 0 radical (unpaired) electrons. The van der Waals surface area contributed by atoms with Gasteiger partial charge >= 0.3 is 5.69 Å². The van der Waals surface area contributed by atoms with Crippen LogP contribution >= 0.6 is 0 Å². The lowest BCUT2D eigenvalue weighted by atomic mass is 9.73. The number of aliphatic hydroxyl groups is 1. The number of aromatic nitrogens is 4. The van der Waals surface area contributed by atoms with Crippen molar-refractivity contribution in [1.29, 1.82) is 0 Å². The summed E-state index contributed by atoms with van der Waals surface area (Å²) in [6, 6.07) is 0. The zero-order chi connectivity index (χ0) is 16.6. The summed E-state index contributed by atoms with van der Waals surface area (Å²) >= 11 is 0. The molecule has 0 aromatic carbocycles. The quantitative estimate of drug-likeness (QED) is 0.777. The number of rotatable bonds is 3. The monoisotopic (exact) mass is 330 g/mol. The van der Waals surface area contributed by atoms with Gasteiger partial charge < -0.3 is 10.1 Å². The third kappa shape index (κ3) is 1.63. The normalized spacial score (nSPS) is 36.9. The molecule has 0 saturated heterocycles. The van der Waals surface area contributed by atoms with Crippen LogP contribution in [0, 0.1) is 17.8 Å². The van der Waals surface area contributed by atoms with Gasteiger partial charge in [-0.15, -0.1) is 0 Å². The van der Waals surface area contributed by atoms with Gasteiger partial charge in [0.05, 0.1) is 6.10 Å². The minimum absolute atomic E-state index is 0.0485. The Morgan fingerprint density at radius 2 is 1.96 bits per heavy atom. The first-order valence-corrected chi connectivity index (χ1v) is 8.95. The maximum absolute atomic E-state index is 12.2. The average Bonchev–Trinajstić information content (AvgIpc) is 3.17. The van der Waals surface area contributed by atoms with E-state index in [0.717, 1.165) is 37.9 Å². The van der Waals surface area contributed by atoms with E-state index in [9.17, 15) is 14.7 Å². The highest BCUT2D eigenvalue weighted by atomic mass is 16.3. The second kappa shape index (κ2) is 4.59. The van der Waals surface area contributed by atoms with E-state index in [1.807, 2.05) is 6.92 Å². The number of hydrogen-bond donors (Lipinski definition) is 3. The van der Waals surface area contributed by atoms with Crippen molar-refractivity contribution >= 4 is 11.2 Å². The SMILES string of the molecule is CCCn1c(=O)[nH]c(=O)c2[nH]c(C34CC5CC3C[C@H](C4)C5O)nc21. The summed E-state index contributed by atoms with van der Waals surface area (Å²) in [5.41, 5.74) is 0.0429. The number of imidazole rings is 1. The van der Waals surface area contributed by atoms with Crippen molar-refractivity contribution < 1.29 is 5.11 Å². The van der Waals surface area contributed by atoms with Crippen molar-refractivity contribution in [3.05, 3.63) is 26.7 Å². The van der Waals surface area contributed by atoms with Gasteiger partial charge in [-0.1, -0.05) is 6.92 Å². The van der Waals surface area contributed by atoms with E-state index in [1.165, 1.54) is 0 Å². The van der Waals surface area contributed by atoms with Crippen molar-refractivity contribution in [2.24, 2.45) is 17.8 Å². The van der Waals surface area contributed by atoms with E-state index in [4.69, 9.17) is 4.98 Å². The van der Waals surface area contributed by atoms with Gasteiger partial charge in [0.1, 0.15) is 11.3 Å². The summed E-state index contributed by atoms with van der Waals surface area (Å²) in [4.78, 5) is 34.7. The Kier molecular flexibility index (Phi) is 2.77. The van der Waals surface area contributed by atoms with E-state index in [0.29, 0.717) is 35.5 Å². The van der Waals surface area contributed by atoms with Crippen LogP contribution in [0.15, 0.2) is 9.59 Å². The van der Waals surface area contributed by atoms with Crippen molar-refractivity contribution in [3.8, 4) is 0 Å². The molecule has 7 heteroatoms. The number of nitrogens with one attached hydrogen (secondary N) is 2. The maximum Gasteiger partial charge on any atom is 0.330 e. The molecular formula is C17H22N4O3. The minimum atomic E-state index is -0.393. The Morgan fingerprint density at radius 1 is 1.25 bits per heavy atom. The lowest BCUT2D eigenvalue weighted by Crippen LogP contribution is -2.36. The van der Waals surface area contributed by atoms with Crippen LogP contribution in [0.4, 0.5) is 0 Å². The van der Waals surface area contributed by atoms with Gasteiger partial charge in [-0.3, -0.25) is 14.3 Å². The number of fused-ring (bicyclic) bond motifs is 1. The number of aliphatic hydroxyl groups excluding tert-OH is 1. The van der Waals surface area contributed by atoms with Gasteiger partial charge in [-0.2, -0.15) is 0 Å². The van der Waals surface area contributed by atoms with Crippen LogP contribution in [0.3, 0.4) is 0 Å². The van der Waals surface area contributed by atoms with Gasteiger partial charge in [0, 0.05) is 12.0 Å². The van der Waals surface area contributed by atoms with Gasteiger partial charge in [0.15, 0.2) is 5.65 Å². The van der Waals surface area contributed by atoms with Crippen LogP contribution in [0.1, 0.15) is 44.9 Å². The second-order valence-electron chi connectivity index (χ2n) is 7.94. The Balaban J connectivity index is 1.70. The molecule has 7 nitrogen and oxygen atoms in total. The predicted molar refractivity (Wildman–Crippen MR) is 87.9 cm³/mol. The van der Waals surface area contributed by atoms with Gasteiger partial charge in [-0.05, 0) is 49.9 Å². The van der Waals surface area contributed by atoms with Crippen LogP contribution in [-0.4, -0.2) is 30.7 Å². The molecule has 2 aromatic heterocycles. The molecule has 5 atom stereocenters. The molecule has 4 aliphatic carbocycles. The first-order valence-electron chi connectivity index (χ1n) is 8.95. The third-order valence-electron chi connectivity index (χ3n) is 6.73. The molecule has 0 amide bonds. The molecule has 4 aliphatic rings. The smallest absolute Gasteiger partial charge is 0.330 e. The Hall–Kier alpha value is -1.89. The highest BCUT2D eigenvalue weighted by Crippen LogP contribution is 2.65. The molecule has 6 rings (SSSR count). The molecule has 4 unspecified atom stereocenters. The molecule has 4 fully saturated rings. The molecule has 4 bridgehead atoms. The van der Waals surface area contributed by atoms with Crippen LogP contribution in [-0.2, 0) is 12.0 Å². The number of H-pyrrole nitrogens is 2. The highest BCUT2D eigenvalue weighted by Gasteiger charge is 2.63. The molecule has 0 spiro atoms. The number of aromatic amines is 2. The summed E-state index contributed by atoms with van der Waals surface area (Å²) in [5, 5.41) is 10.4. The van der Waals surface area contributed by atoms with E-state index in [2.05, 4.69) is 9.97 Å². The zero-order valence-electron chi connectivity index (χ0n) is 13.7. The van der Waals surface area contributed by atoms with Crippen LogP contribution in [0.5, 0.6) is 0 Å². The van der Waals surface area contributed by atoms with Gasteiger partial charge in [0.25, 0.3) is 5.56 Å². The van der Waals surface area contributed by atoms with Crippen LogP contribution in [0.2, 0.25) is 0 Å². The molecule has 2 aromatic rings. The van der Waals surface area contributed by atoms with E-state index in [1.54, 1.807) is 4.57 Å². The Labute approximate surface area is 138 Å². The number of hydrogen-bond acceptors (Lipinski definition) is 4. The predicted octanol–water partition coefficient (Wildman–Crippen LogP) is 0.871. The highest BCUT2D eigenvalue weighted by molar-refractivity contribution is 5.70. The number of aryl methyl sites for hydroxylation is 1. The molecule has 24 heavy (non-hydrogen) atoms. The lowest BCUT2D eigenvalue weighted by Gasteiger charge is -2.34. The maximum atomic E-state index is 12.2. The summed E-state index contributed by atoms with van der Waals surface area (Å²) in [5.74, 6) is 2.08. The molecular weight excluding hydrogens is 308 g/mol. The van der Waals surface area contributed by atoms with Gasteiger partial charge in [-0.25, -0.2) is 9.78 Å². The van der Waals surface area contributed by atoms with Crippen molar-refractivity contribution in [2.75, 3.05) is 0 Å².